The molecule has 0 saturated heterocycles. The predicted molar refractivity (Wildman–Crippen MR) is 120 cm³/mol. The average molecular weight is 455 g/mol. The molecule has 1 heterocycles. The van der Waals surface area contributed by atoms with E-state index in [2.05, 4.69) is 10.3 Å². The van der Waals surface area contributed by atoms with Gasteiger partial charge in [-0.25, -0.2) is 9.78 Å². The van der Waals surface area contributed by atoms with Crippen molar-refractivity contribution in [1.29, 1.82) is 5.26 Å². The molecule has 0 aliphatic carbocycles. The number of carbonyl (C=O) groups is 2. The van der Waals surface area contributed by atoms with E-state index in [1.54, 1.807) is 47.2 Å². The van der Waals surface area contributed by atoms with Crippen LogP contribution in [-0.2, 0) is 4.74 Å². The molecule has 0 saturated carbocycles. The van der Waals surface area contributed by atoms with Crippen molar-refractivity contribution in [3.63, 3.8) is 0 Å². The van der Waals surface area contributed by atoms with Crippen molar-refractivity contribution in [2.75, 3.05) is 11.6 Å². The van der Waals surface area contributed by atoms with E-state index in [1.807, 2.05) is 24.3 Å². The third-order valence-corrected chi connectivity index (χ3v) is 5.08. The molecule has 0 atom stereocenters. The lowest BCUT2D eigenvalue weighted by Gasteiger charge is -2.18. The van der Waals surface area contributed by atoms with Crippen LogP contribution in [0.4, 0.5) is 5.82 Å². The molecule has 0 radical (unpaired) electrons. The van der Waals surface area contributed by atoms with Gasteiger partial charge in [-0.2, -0.15) is 5.26 Å². The molecule has 3 rings (SSSR count). The fourth-order valence-electron chi connectivity index (χ4n) is 2.71. The van der Waals surface area contributed by atoms with Crippen molar-refractivity contribution in [2.45, 2.75) is 24.6 Å². The van der Waals surface area contributed by atoms with Crippen LogP contribution in [0.2, 0.25) is 5.02 Å². The maximum absolute atomic E-state index is 13.1. The van der Waals surface area contributed by atoms with Crippen LogP contribution in [0.25, 0.3) is 5.69 Å². The van der Waals surface area contributed by atoms with Gasteiger partial charge in [-0.1, -0.05) is 41.6 Å². The molecule has 2 aromatic carbocycles. The molecule has 0 unspecified atom stereocenters. The van der Waals surface area contributed by atoms with Crippen molar-refractivity contribution >= 4 is 41.1 Å². The fourth-order valence-corrected chi connectivity index (χ4v) is 3.40. The Balaban J connectivity index is 2.10. The summed E-state index contributed by atoms with van der Waals surface area (Å²) >= 11 is 7.19. The number of nitrogens with one attached hydrogen (secondary N) is 1. The van der Waals surface area contributed by atoms with Gasteiger partial charge >= 0.3 is 5.97 Å². The number of ether oxygens (including phenoxy) is 1. The van der Waals surface area contributed by atoms with Crippen molar-refractivity contribution < 1.29 is 14.3 Å². The minimum absolute atomic E-state index is 0.0150. The van der Waals surface area contributed by atoms with Crippen LogP contribution in [0.3, 0.4) is 0 Å². The van der Waals surface area contributed by atoms with Gasteiger partial charge in [0.2, 0.25) is 0 Å². The minimum Gasteiger partial charge on any atom is -0.439 e. The van der Waals surface area contributed by atoms with Crippen LogP contribution in [-0.4, -0.2) is 33.3 Å². The van der Waals surface area contributed by atoms with Gasteiger partial charge in [0.15, 0.2) is 22.3 Å². The summed E-state index contributed by atoms with van der Waals surface area (Å²) in [5.74, 6) is -1.21. The lowest BCUT2D eigenvalue weighted by Crippen LogP contribution is -2.28. The first-order chi connectivity index (χ1) is 14.8. The number of halogens is 1. The normalized spacial score (nSPS) is 10.9. The summed E-state index contributed by atoms with van der Waals surface area (Å²) in [6.45, 7) is 2.96. The molecule has 7 nitrogen and oxygen atoms in total. The van der Waals surface area contributed by atoms with Crippen LogP contribution in [0.1, 0.15) is 34.7 Å². The SMILES string of the molecule is CSc1nc(NC(=O)c2ccc(Cl)cc2)c(C(=O)OC(C)(C)C#N)n1-c1ccccc1. The second-order valence-electron chi connectivity index (χ2n) is 6.94. The molecule has 1 N–H and O–H groups in total. The van der Waals surface area contributed by atoms with E-state index in [1.165, 1.54) is 25.6 Å². The number of rotatable bonds is 6. The fraction of sp³-hybridized carbons (Fsp3) is 0.182. The van der Waals surface area contributed by atoms with E-state index in [0.717, 1.165) is 0 Å². The molecule has 158 valence electrons. The minimum atomic E-state index is -1.36. The molecule has 1 aromatic heterocycles. The van der Waals surface area contributed by atoms with Crippen molar-refractivity contribution in [3.8, 4) is 11.8 Å². The van der Waals surface area contributed by atoms with Crippen LogP contribution < -0.4 is 5.32 Å². The number of benzene rings is 2. The third-order valence-electron chi connectivity index (χ3n) is 4.19. The summed E-state index contributed by atoms with van der Waals surface area (Å²) in [4.78, 5) is 30.3. The zero-order valence-electron chi connectivity index (χ0n) is 17.0. The monoisotopic (exact) mass is 454 g/mol. The Labute approximate surface area is 189 Å². The number of para-hydroxylation sites is 1. The van der Waals surface area contributed by atoms with Gasteiger partial charge in [0.05, 0.1) is 0 Å². The van der Waals surface area contributed by atoms with Crippen molar-refractivity contribution in [1.82, 2.24) is 9.55 Å². The number of imidazole rings is 1. The summed E-state index contributed by atoms with van der Waals surface area (Å²) in [5, 5.41) is 12.9. The molecule has 0 fully saturated rings. The van der Waals surface area contributed by atoms with Gasteiger partial charge in [0.1, 0.15) is 6.07 Å². The number of thioether (sulfide) groups is 1. The van der Waals surface area contributed by atoms with Gasteiger partial charge < -0.3 is 10.1 Å². The highest BCUT2D eigenvalue weighted by Crippen LogP contribution is 2.30. The number of carbonyl (C=O) groups excluding carboxylic acids is 2. The first-order valence-electron chi connectivity index (χ1n) is 9.19. The predicted octanol–water partition coefficient (Wildman–Crippen LogP) is 4.96. The van der Waals surface area contributed by atoms with E-state index in [-0.39, 0.29) is 11.5 Å². The summed E-state index contributed by atoms with van der Waals surface area (Å²) < 4.78 is 6.99. The van der Waals surface area contributed by atoms with Crippen molar-refractivity contribution in [2.24, 2.45) is 0 Å². The highest BCUT2D eigenvalue weighted by atomic mass is 35.5. The summed E-state index contributed by atoms with van der Waals surface area (Å²) in [7, 11) is 0. The highest BCUT2D eigenvalue weighted by Gasteiger charge is 2.31. The molecular formula is C22H19ClN4O3S. The van der Waals surface area contributed by atoms with E-state index in [0.29, 0.717) is 21.4 Å². The lowest BCUT2D eigenvalue weighted by atomic mass is 10.2. The van der Waals surface area contributed by atoms with Gasteiger partial charge in [-0.3, -0.25) is 9.36 Å². The second-order valence-corrected chi connectivity index (χ2v) is 8.15. The molecule has 0 bridgehead atoms. The number of esters is 1. The van der Waals surface area contributed by atoms with Gasteiger partial charge in [0.25, 0.3) is 5.91 Å². The van der Waals surface area contributed by atoms with Crippen LogP contribution in [0.15, 0.2) is 59.8 Å². The topological polar surface area (TPSA) is 97.0 Å². The van der Waals surface area contributed by atoms with E-state index in [4.69, 9.17) is 16.3 Å². The number of amides is 1. The first kappa shape index (κ1) is 22.4. The van der Waals surface area contributed by atoms with Gasteiger partial charge in [0, 0.05) is 16.3 Å². The third kappa shape index (κ3) is 5.08. The zero-order chi connectivity index (χ0) is 22.6. The van der Waals surface area contributed by atoms with E-state index >= 15 is 0 Å². The molecule has 1 amide bonds. The van der Waals surface area contributed by atoms with Crippen LogP contribution >= 0.6 is 23.4 Å². The summed E-state index contributed by atoms with van der Waals surface area (Å²) in [6, 6.07) is 17.4. The number of aromatic nitrogens is 2. The standard InChI is InChI=1S/C22H19ClN4O3S/c1-22(2,13-24)30-20(29)17-18(25-19(28)14-9-11-15(23)12-10-14)26-21(31-3)27(17)16-7-5-4-6-8-16/h4-12H,1-3H3,(H,25,28). The Morgan fingerprint density at radius 1 is 1.16 bits per heavy atom. The highest BCUT2D eigenvalue weighted by molar-refractivity contribution is 7.98. The summed E-state index contributed by atoms with van der Waals surface area (Å²) in [5.41, 5.74) is -0.338. The smallest absolute Gasteiger partial charge is 0.360 e. The summed E-state index contributed by atoms with van der Waals surface area (Å²) in [6.07, 6.45) is 1.81. The molecule has 3 aromatic rings. The van der Waals surface area contributed by atoms with Crippen LogP contribution in [0.5, 0.6) is 0 Å². The van der Waals surface area contributed by atoms with E-state index in [9.17, 15) is 14.9 Å². The number of nitrogens with zero attached hydrogens (tertiary/aromatic N) is 3. The number of anilines is 1. The molecule has 0 aliphatic rings. The Morgan fingerprint density at radius 2 is 1.81 bits per heavy atom. The Hall–Kier alpha value is -3.28. The zero-order valence-corrected chi connectivity index (χ0v) is 18.6. The maximum Gasteiger partial charge on any atom is 0.360 e. The van der Waals surface area contributed by atoms with Gasteiger partial charge in [-0.05, 0) is 56.5 Å². The molecular weight excluding hydrogens is 436 g/mol. The second kappa shape index (κ2) is 9.25. The number of hydrogen-bond donors (Lipinski definition) is 1. The number of nitriles is 1. The lowest BCUT2D eigenvalue weighted by molar-refractivity contribution is 0.0189. The van der Waals surface area contributed by atoms with Gasteiger partial charge in [-0.15, -0.1) is 0 Å². The molecule has 31 heavy (non-hydrogen) atoms. The molecule has 9 heteroatoms. The van der Waals surface area contributed by atoms with Crippen molar-refractivity contribution in [3.05, 3.63) is 70.9 Å². The Morgan fingerprint density at radius 3 is 2.39 bits per heavy atom. The maximum atomic E-state index is 13.1. The Kier molecular flexibility index (Phi) is 6.68. The largest absolute Gasteiger partial charge is 0.439 e. The Bertz CT molecular complexity index is 1150. The van der Waals surface area contributed by atoms with E-state index < -0.39 is 17.5 Å². The first-order valence-corrected chi connectivity index (χ1v) is 10.8. The number of hydrogen-bond acceptors (Lipinski definition) is 6. The molecule has 0 spiro atoms. The van der Waals surface area contributed by atoms with Crippen LogP contribution in [0, 0.1) is 11.3 Å². The molecule has 0 aliphatic heterocycles. The quantitative estimate of drug-likeness (QED) is 0.417. The average Bonchev–Trinajstić information content (AvgIpc) is 3.12.